The van der Waals surface area contributed by atoms with Crippen LogP contribution >= 0.6 is 0 Å². The molecule has 2 rings (SSSR count). The van der Waals surface area contributed by atoms with Crippen LogP contribution in [0.3, 0.4) is 0 Å². The van der Waals surface area contributed by atoms with Crippen LogP contribution < -0.4 is 5.32 Å². The molecule has 86 valence electrons. The Balaban J connectivity index is 2.38. The normalized spacial score (nSPS) is 21.4. The molecule has 1 heteroatoms. The van der Waals surface area contributed by atoms with Gasteiger partial charge in [-0.25, -0.2) is 0 Å². The van der Waals surface area contributed by atoms with Crippen molar-refractivity contribution in [1.29, 1.82) is 0 Å². The molecule has 0 saturated carbocycles. The molecule has 1 unspecified atom stereocenters. The quantitative estimate of drug-likeness (QED) is 0.799. The first kappa shape index (κ1) is 11.5. The molecule has 0 aromatic heterocycles. The van der Waals surface area contributed by atoms with E-state index in [1.165, 1.54) is 11.3 Å². The molecule has 1 aromatic carbocycles. The minimum atomic E-state index is 0.387. The number of allylic oxidation sites excluding steroid dienone is 2. The Hall–Kier alpha value is -2.02. The molecule has 0 aliphatic carbocycles. The molecule has 1 aromatic rings. The van der Waals surface area contributed by atoms with Crippen molar-refractivity contribution in [1.82, 2.24) is 5.32 Å². The van der Waals surface area contributed by atoms with Gasteiger partial charge >= 0.3 is 0 Å². The van der Waals surface area contributed by atoms with Crippen LogP contribution in [0.1, 0.15) is 18.1 Å². The van der Waals surface area contributed by atoms with Gasteiger partial charge in [0.05, 0.1) is 0 Å². The zero-order chi connectivity index (χ0) is 12.3. The predicted molar refractivity (Wildman–Crippen MR) is 75.1 cm³/mol. The van der Waals surface area contributed by atoms with Crippen LogP contribution in [-0.2, 0) is 0 Å². The fraction of sp³-hybridized carbons (Fsp3) is 0.125. The van der Waals surface area contributed by atoms with Crippen LogP contribution in [0, 0.1) is 5.92 Å². The van der Waals surface area contributed by atoms with Gasteiger partial charge in [0.1, 0.15) is 0 Å². The molecule has 1 heterocycles. The lowest BCUT2D eigenvalue weighted by molar-refractivity contribution is 0.758. The second kappa shape index (κ2) is 4.88. The topological polar surface area (TPSA) is 12.0 Å². The van der Waals surface area contributed by atoms with Crippen molar-refractivity contribution in [3.63, 3.8) is 0 Å². The summed E-state index contributed by atoms with van der Waals surface area (Å²) in [5.74, 6) is 0.387. The van der Waals surface area contributed by atoms with Gasteiger partial charge in [0.15, 0.2) is 0 Å². The highest BCUT2D eigenvalue weighted by atomic mass is 14.9. The third kappa shape index (κ3) is 2.56. The van der Waals surface area contributed by atoms with Crippen molar-refractivity contribution in [3.05, 3.63) is 72.1 Å². The van der Waals surface area contributed by atoms with Crippen LogP contribution in [0.5, 0.6) is 0 Å². The van der Waals surface area contributed by atoms with Crippen molar-refractivity contribution in [2.24, 2.45) is 5.92 Å². The van der Waals surface area contributed by atoms with Gasteiger partial charge in [-0.1, -0.05) is 56.5 Å². The van der Waals surface area contributed by atoms with E-state index >= 15 is 0 Å². The SMILES string of the molecule is C=Cc1ccccc1/C=C1/NC(=C)C=CC1C. The Labute approximate surface area is 103 Å². The summed E-state index contributed by atoms with van der Waals surface area (Å²) in [6, 6.07) is 8.23. The van der Waals surface area contributed by atoms with Crippen LogP contribution in [0.25, 0.3) is 12.2 Å². The van der Waals surface area contributed by atoms with Crippen molar-refractivity contribution in [2.75, 3.05) is 0 Å². The third-order valence-electron chi connectivity index (χ3n) is 2.91. The molecule has 0 amide bonds. The summed E-state index contributed by atoms with van der Waals surface area (Å²) in [4.78, 5) is 0. The summed E-state index contributed by atoms with van der Waals surface area (Å²) in [6.07, 6.45) is 8.21. The number of hydrogen-bond donors (Lipinski definition) is 1. The van der Waals surface area contributed by atoms with Crippen molar-refractivity contribution in [2.45, 2.75) is 6.92 Å². The van der Waals surface area contributed by atoms with Gasteiger partial charge in [0, 0.05) is 17.3 Å². The molecular weight excluding hydrogens is 206 g/mol. The van der Waals surface area contributed by atoms with Gasteiger partial charge in [0.2, 0.25) is 0 Å². The van der Waals surface area contributed by atoms with Gasteiger partial charge in [0.25, 0.3) is 0 Å². The largest absolute Gasteiger partial charge is 0.359 e. The standard InChI is InChI=1S/C16H17N/c1-4-14-7-5-6-8-15(14)11-16-12(2)9-10-13(3)17-16/h4-12,17H,1,3H2,2H3/b16-11+. The second-order valence-corrected chi connectivity index (χ2v) is 4.23. The summed E-state index contributed by atoms with van der Waals surface area (Å²) < 4.78 is 0. The van der Waals surface area contributed by atoms with Crippen molar-refractivity contribution in [3.8, 4) is 0 Å². The van der Waals surface area contributed by atoms with E-state index in [0.717, 1.165) is 11.3 Å². The van der Waals surface area contributed by atoms with Crippen LogP contribution in [0.4, 0.5) is 0 Å². The lowest BCUT2D eigenvalue weighted by atomic mass is 9.99. The maximum absolute atomic E-state index is 3.92. The molecule has 1 aliphatic heterocycles. The van der Waals surface area contributed by atoms with E-state index in [1.54, 1.807) is 0 Å². The second-order valence-electron chi connectivity index (χ2n) is 4.23. The highest BCUT2D eigenvalue weighted by Crippen LogP contribution is 2.21. The number of hydrogen-bond acceptors (Lipinski definition) is 1. The lowest BCUT2D eigenvalue weighted by Gasteiger charge is -2.20. The number of nitrogens with one attached hydrogen (secondary N) is 1. The third-order valence-corrected chi connectivity index (χ3v) is 2.91. The molecule has 0 radical (unpaired) electrons. The van der Waals surface area contributed by atoms with Crippen LogP contribution in [-0.4, -0.2) is 0 Å². The van der Waals surface area contributed by atoms with Gasteiger partial charge < -0.3 is 5.32 Å². The van der Waals surface area contributed by atoms with Crippen molar-refractivity contribution >= 4 is 12.2 Å². The van der Waals surface area contributed by atoms with Crippen LogP contribution in [0.15, 0.2) is 61.0 Å². The molecule has 0 fully saturated rings. The number of benzene rings is 1. The van der Waals surface area contributed by atoms with Gasteiger partial charge in [-0.3, -0.25) is 0 Å². The van der Waals surface area contributed by atoms with E-state index in [9.17, 15) is 0 Å². The van der Waals surface area contributed by atoms with Gasteiger partial charge in [-0.15, -0.1) is 0 Å². The summed E-state index contributed by atoms with van der Waals surface area (Å²) in [7, 11) is 0. The number of rotatable bonds is 2. The van der Waals surface area contributed by atoms with Gasteiger partial charge in [-0.2, -0.15) is 0 Å². The van der Waals surface area contributed by atoms with E-state index < -0.39 is 0 Å². The average Bonchev–Trinajstić information content (AvgIpc) is 2.34. The van der Waals surface area contributed by atoms with Gasteiger partial charge in [-0.05, 0) is 23.3 Å². The summed E-state index contributed by atoms with van der Waals surface area (Å²) >= 11 is 0. The first-order valence-corrected chi connectivity index (χ1v) is 5.78. The van der Waals surface area contributed by atoms with E-state index in [-0.39, 0.29) is 0 Å². The predicted octanol–water partition coefficient (Wildman–Crippen LogP) is 3.98. The first-order valence-electron chi connectivity index (χ1n) is 5.78. The fourth-order valence-electron chi connectivity index (χ4n) is 1.87. The Morgan fingerprint density at radius 3 is 2.65 bits per heavy atom. The summed E-state index contributed by atoms with van der Waals surface area (Å²) in [5, 5.41) is 3.31. The molecule has 0 saturated heterocycles. The maximum Gasteiger partial charge on any atom is 0.0305 e. The first-order chi connectivity index (χ1) is 8.20. The van der Waals surface area contributed by atoms with E-state index in [2.05, 4.69) is 49.7 Å². The highest BCUT2D eigenvalue weighted by Gasteiger charge is 2.10. The highest BCUT2D eigenvalue weighted by molar-refractivity contribution is 5.66. The summed E-state index contributed by atoms with van der Waals surface area (Å²) in [5.41, 5.74) is 4.44. The molecule has 1 atom stereocenters. The zero-order valence-electron chi connectivity index (χ0n) is 10.1. The molecular formula is C16H17N. The van der Waals surface area contributed by atoms with Crippen LogP contribution in [0.2, 0.25) is 0 Å². The molecule has 1 N–H and O–H groups in total. The Morgan fingerprint density at radius 1 is 1.24 bits per heavy atom. The maximum atomic E-state index is 3.92. The zero-order valence-corrected chi connectivity index (χ0v) is 10.1. The monoisotopic (exact) mass is 223 g/mol. The molecule has 17 heavy (non-hydrogen) atoms. The molecule has 1 aliphatic rings. The van der Waals surface area contributed by atoms with Crippen molar-refractivity contribution < 1.29 is 0 Å². The Morgan fingerprint density at radius 2 is 1.94 bits per heavy atom. The smallest absolute Gasteiger partial charge is 0.0305 e. The Kier molecular flexibility index (Phi) is 3.29. The molecule has 1 nitrogen and oxygen atoms in total. The van der Waals surface area contributed by atoms with E-state index in [1.807, 2.05) is 24.3 Å². The minimum Gasteiger partial charge on any atom is -0.359 e. The Bertz CT molecular complexity index is 506. The molecule has 0 spiro atoms. The molecule has 0 bridgehead atoms. The van der Waals surface area contributed by atoms with E-state index in [4.69, 9.17) is 0 Å². The summed E-state index contributed by atoms with van der Waals surface area (Å²) in [6.45, 7) is 9.93. The minimum absolute atomic E-state index is 0.387. The fourth-order valence-corrected chi connectivity index (χ4v) is 1.87. The van der Waals surface area contributed by atoms with E-state index in [0.29, 0.717) is 5.92 Å². The average molecular weight is 223 g/mol. The lowest BCUT2D eigenvalue weighted by Crippen LogP contribution is -2.19.